The predicted molar refractivity (Wildman–Crippen MR) is 120 cm³/mol. The molecular weight excluding hydrogens is 423 g/mol. The SMILES string of the molecule is CCCCOCCCN1C(=O)C(c2ccc(Cl)cc2Cl)=C(N2CCC(C)CC2)C1=O. The van der Waals surface area contributed by atoms with Crippen molar-refractivity contribution in [2.24, 2.45) is 5.92 Å². The summed E-state index contributed by atoms with van der Waals surface area (Å²) in [6.07, 6.45) is 4.71. The number of imide groups is 1. The Hall–Kier alpha value is -1.56. The summed E-state index contributed by atoms with van der Waals surface area (Å²) in [6, 6.07) is 5.05. The van der Waals surface area contributed by atoms with Crippen molar-refractivity contribution in [2.45, 2.75) is 46.0 Å². The molecule has 2 aliphatic heterocycles. The Balaban J connectivity index is 1.83. The highest BCUT2D eigenvalue weighted by Crippen LogP contribution is 2.37. The average molecular weight is 453 g/mol. The monoisotopic (exact) mass is 452 g/mol. The van der Waals surface area contributed by atoms with Crippen molar-refractivity contribution in [2.75, 3.05) is 32.8 Å². The summed E-state index contributed by atoms with van der Waals surface area (Å²) in [4.78, 5) is 30.0. The van der Waals surface area contributed by atoms with E-state index in [2.05, 4.69) is 18.7 Å². The van der Waals surface area contributed by atoms with E-state index in [0.29, 0.717) is 59.0 Å². The Bertz CT molecular complexity index is 817. The van der Waals surface area contributed by atoms with E-state index in [-0.39, 0.29) is 11.8 Å². The number of hydrogen-bond donors (Lipinski definition) is 0. The molecule has 5 nitrogen and oxygen atoms in total. The maximum Gasteiger partial charge on any atom is 0.277 e. The first-order chi connectivity index (χ1) is 14.4. The van der Waals surface area contributed by atoms with Gasteiger partial charge in [0.2, 0.25) is 0 Å². The van der Waals surface area contributed by atoms with Crippen LogP contribution in [0.25, 0.3) is 5.57 Å². The highest BCUT2D eigenvalue weighted by molar-refractivity contribution is 6.41. The molecule has 2 heterocycles. The zero-order valence-corrected chi connectivity index (χ0v) is 19.3. The van der Waals surface area contributed by atoms with Crippen molar-refractivity contribution in [1.82, 2.24) is 9.80 Å². The summed E-state index contributed by atoms with van der Waals surface area (Å²) in [6.45, 7) is 7.44. The van der Waals surface area contributed by atoms with Crippen LogP contribution in [0.4, 0.5) is 0 Å². The first-order valence-corrected chi connectivity index (χ1v) is 11.6. The number of nitrogens with zero attached hydrogens (tertiary/aromatic N) is 2. The van der Waals surface area contributed by atoms with Crippen LogP contribution in [0.3, 0.4) is 0 Å². The van der Waals surface area contributed by atoms with Crippen LogP contribution in [-0.2, 0) is 14.3 Å². The number of piperidine rings is 1. The van der Waals surface area contributed by atoms with Gasteiger partial charge in [0.15, 0.2) is 0 Å². The van der Waals surface area contributed by atoms with Gasteiger partial charge in [0.05, 0.1) is 10.6 Å². The predicted octanol–water partition coefficient (Wildman–Crippen LogP) is 5.01. The Kier molecular flexibility index (Phi) is 8.20. The molecule has 0 N–H and O–H groups in total. The lowest BCUT2D eigenvalue weighted by Crippen LogP contribution is -2.39. The van der Waals surface area contributed by atoms with Crippen molar-refractivity contribution in [1.29, 1.82) is 0 Å². The van der Waals surface area contributed by atoms with Gasteiger partial charge in [0.1, 0.15) is 5.70 Å². The summed E-state index contributed by atoms with van der Waals surface area (Å²) in [5.41, 5.74) is 1.43. The van der Waals surface area contributed by atoms with Crippen molar-refractivity contribution in [3.05, 3.63) is 39.5 Å². The van der Waals surface area contributed by atoms with Gasteiger partial charge in [-0.2, -0.15) is 0 Å². The molecule has 7 heteroatoms. The van der Waals surface area contributed by atoms with Crippen LogP contribution < -0.4 is 0 Å². The minimum Gasteiger partial charge on any atom is -0.381 e. The van der Waals surface area contributed by atoms with E-state index in [1.807, 2.05) is 0 Å². The fraction of sp³-hybridized carbons (Fsp3) is 0.565. The first kappa shape index (κ1) is 23.1. The maximum atomic E-state index is 13.3. The minimum absolute atomic E-state index is 0.232. The van der Waals surface area contributed by atoms with Gasteiger partial charge >= 0.3 is 0 Å². The second kappa shape index (κ2) is 10.7. The van der Waals surface area contributed by atoms with Gasteiger partial charge in [0, 0.05) is 43.4 Å². The first-order valence-electron chi connectivity index (χ1n) is 10.8. The number of amides is 2. The summed E-state index contributed by atoms with van der Waals surface area (Å²) < 4.78 is 5.59. The van der Waals surface area contributed by atoms with Gasteiger partial charge in [-0.1, -0.05) is 49.5 Å². The Morgan fingerprint density at radius 3 is 2.43 bits per heavy atom. The Labute approximate surface area is 188 Å². The maximum absolute atomic E-state index is 13.3. The highest BCUT2D eigenvalue weighted by Gasteiger charge is 2.42. The molecule has 0 unspecified atom stereocenters. The molecule has 1 saturated heterocycles. The number of carbonyl (C=O) groups is 2. The minimum atomic E-state index is -0.286. The number of rotatable bonds is 9. The topological polar surface area (TPSA) is 49.9 Å². The summed E-state index contributed by atoms with van der Waals surface area (Å²) >= 11 is 12.5. The molecule has 1 fully saturated rings. The van der Waals surface area contributed by atoms with E-state index in [9.17, 15) is 9.59 Å². The number of hydrogen-bond acceptors (Lipinski definition) is 4. The fourth-order valence-corrected chi connectivity index (χ4v) is 4.40. The van der Waals surface area contributed by atoms with Crippen LogP contribution >= 0.6 is 23.2 Å². The summed E-state index contributed by atoms with van der Waals surface area (Å²) in [7, 11) is 0. The number of likely N-dealkylation sites (tertiary alicyclic amines) is 1. The molecule has 1 aromatic rings. The van der Waals surface area contributed by atoms with Gasteiger partial charge in [-0.15, -0.1) is 0 Å². The molecule has 0 saturated carbocycles. The molecule has 0 radical (unpaired) electrons. The number of benzene rings is 1. The van der Waals surface area contributed by atoms with Gasteiger partial charge in [-0.3, -0.25) is 14.5 Å². The third kappa shape index (κ3) is 5.19. The normalized spacial score (nSPS) is 18.1. The van der Waals surface area contributed by atoms with E-state index in [4.69, 9.17) is 27.9 Å². The molecule has 2 amide bonds. The van der Waals surface area contributed by atoms with E-state index in [1.165, 1.54) is 4.90 Å². The van der Waals surface area contributed by atoms with Crippen LogP contribution in [0.2, 0.25) is 10.0 Å². The van der Waals surface area contributed by atoms with Gasteiger partial charge in [-0.25, -0.2) is 0 Å². The lowest BCUT2D eigenvalue weighted by Gasteiger charge is -2.32. The molecule has 2 aliphatic rings. The van der Waals surface area contributed by atoms with Crippen molar-refractivity contribution < 1.29 is 14.3 Å². The molecule has 0 aliphatic carbocycles. The lowest BCUT2D eigenvalue weighted by molar-refractivity contribution is -0.137. The molecule has 3 rings (SSSR count). The molecule has 0 atom stereocenters. The van der Waals surface area contributed by atoms with Crippen molar-refractivity contribution in [3.8, 4) is 0 Å². The van der Waals surface area contributed by atoms with Crippen LogP contribution in [0.1, 0.15) is 51.5 Å². The summed E-state index contributed by atoms with van der Waals surface area (Å²) in [5.74, 6) is 0.100. The molecule has 0 bridgehead atoms. The molecule has 1 aromatic carbocycles. The second-order valence-corrected chi connectivity index (χ2v) is 8.94. The largest absolute Gasteiger partial charge is 0.381 e. The third-order valence-corrected chi connectivity index (χ3v) is 6.30. The van der Waals surface area contributed by atoms with Crippen LogP contribution in [-0.4, -0.2) is 54.5 Å². The molecule has 30 heavy (non-hydrogen) atoms. The van der Waals surface area contributed by atoms with E-state index >= 15 is 0 Å². The average Bonchev–Trinajstić information content (AvgIpc) is 2.96. The van der Waals surface area contributed by atoms with Crippen molar-refractivity contribution >= 4 is 40.6 Å². The smallest absolute Gasteiger partial charge is 0.277 e. The number of halogens is 2. The van der Waals surface area contributed by atoms with Crippen LogP contribution in [0.15, 0.2) is 23.9 Å². The third-order valence-electron chi connectivity index (χ3n) is 5.76. The Morgan fingerprint density at radius 2 is 1.77 bits per heavy atom. The lowest BCUT2D eigenvalue weighted by atomic mass is 9.97. The molecule has 0 aromatic heterocycles. The number of ether oxygens (including phenoxy) is 1. The number of unbranched alkanes of at least 4 members (excludes halogenated alkanes) is 1. The molecule has 0 spiro atoms. The molecular formula is C23H30Cl2N2O3. The second-order valence-electron chi connectivity index (χ2n) is 8.10. The van der Waals surface area contributed by atoms with E-state index in [1.54, 1.807) is 18.2 Å². The van der Waals surface area contributed by atoms with E-state index in [0.717, 1.165) is 38.8 Å². The van der Waals surface area contributed by atoms with Crippen molar-refractivity contribution in [3.63, 3.8) is 0 Å². The summed E-state index contributed by atoms with van der Waals surface area (Å²) in [5, 5.41) is 0.877. The standard InChI is InChI=1S/C23H30Cl2N2O3/c1-3-4-13-30-14-5-10-27-22(28)20(18-7-6-17(24)15-19(18)25)21(23(27)29)26-11-8-16(2)9-12-26/h6-7,15-16H,3-5,8-14H2,1-2H3. The molecule has 164 valence electrons. The van der Waals surface area contributed by atoms with Gasteiger partial charge < -0.3 is 9.64 Å². The van der Waals surface area contributed by atoms with Gasteiger partial charge in [0.25, 0.3) is 11.8 Å². The van der Waals surface area contributed by atoms with E-state index < -0.39 is 0 Å². The number of carbonyl (C=O) groups excluding carboxylic acids is 2. The Morgan fingerprint density at radius 1 is 1.07 bits per heavy atom. The van der Waals surface area contributed by atoms with Crippen LogP contribution in [0, 0.1) is 5.92 Å². The van der Waals surface area contributed by atoms with Crippen LogP contribution in [0.5, 0.6) is 0 Å². The zero-order chi connectivity index (χ0) is 21.7. The fourth-order valence-electron chi connectivity index (χ4n) is 3.90. The highest BCUT2D eigenvalue weighted by atomic mass is 35.5. The zero-order valence-electron chi connectivity index (χ0n) is 17.8. The quantitative estimate of drug-likeness (QED) is 0.390. The van der Waals surface area contributed by atoms with Gasteiger partial charge in [-0.05, 0) is 43.7 Å².